The Morgan fingerprint density at radius 3 is 2.74 bits per heavy atom. The van der Waals surface area contributed by atoms with Crippen molar-refractivity contribution in [2.24, 2.45) is 5.92 Å². The zero-order chi connectivity index (χ0) is 13.8. The summed E-state index contributed by atoms with van der Waals surface area (Å²) in [4.78, 5) is 2.24. The van der Waals surface area contributed by atoms with Gasteiger partial charge in [-0.3, -0.25) is 0 Å². The van der Waals surface area contributed by atoms with Crippen molar-refractivity contribution in [3.05, 3.63) is 29.6 Å². The van der Waals surface area contributed by atoms with E-state index in [1.165, 1.54) is 12.8 Å². The lowest BCUT2D eigenvalue weighted by Gasteiger charge is -2.23. The minimum Gasteiger partial charge on any atom is -0.374 e. The number of nitrogens with zero attached hydrogens (tertiary/aromatic N) is 1. The molecule has 0 unspecified atom stereocenters. The molecule has 1 aliphatic rings. The third-order valence-electron chi connectivity index (χ3n) is 3.65. The van der Waals surface area contributed by atoms with E-state index < -0.39 is 0 Å². The summed E-state index contributed by atoms with van der Waals surface area (Å²) in [6.45, 7) is 6.24. The van der Waals surface area contributed by atoms with Crippen LogP contribution >= 0.6 is 0 Å². The van der Waals surface area contributed by atoms with Gasteiger partial charge in [0.15, 0.2) is 0 Å². The molecule has 106 valence electrons. The number of benzene rings is 1. The summed E-state index contributed by atoms with van der Waals surface area (Å²) in [5.41, 5.74) is 2.22. The molecule has 1 N–H and O–H groups in total. The summed E-state index contributed by atoms with van der Waals surface area (Å²) in [5, 5.41) is 3.47. The summed E-state index contributed by atoms with van der Waals surface area (Å²) in [6, 6.07) is 5.77. The second-order valence-electron chi connectivity index (χ2n) is 6.03. The molecule has 1 aromatic carbocycles. The van der Waals surface area contributed by atoms with Crippen LogP contribution in [0.25, 0.3) is 0 Å². The maximum absolute atomic E-state index is 13.4. The van der Waals surface area contributed by atoms with Crippen LogP contribution in [0.15, 0.2) is 18.2 Å². The first-order valence-electron chi connectivity index (χ1n) is 7.29. The quantitative estimate of drug-likeness (QED) is 0.810. The number of nitrogens with one attached hydrogen (secondary N) is 1. The molecule has 0 atom stereocenters. The van der Waals surface area contributed by atoms with E-state index in [0.717, 1.165) is 30.8 Å². The number of hydrogen-bond donors (Lipinski definition) is 1. The van der Waals surface area contributed by atoms with Crippen LogP contribution in [0.1, 0.15) is 38.7 Å². The van der Waals surface area contributed by atoms with E-state index in [4.69, 9.17) is 0 Å². The second-order valence-corrected chi connectivity index (χ2v) is 6.03. The van der Waals surface area contributed by atoms with E-state index in [2.05, 4.69) is 31.1 Å². The average Bonchev–Trinajstić information content (AvgIpc) is 3.17. The molecule has 0 radical (unpaired) electrons. The van der Waals surface area contributed by atoms with Crippen LogP contribution in [-0.2, 0) is 6.54 Å². The minimum absolute atomic E-state index is 0.145. The van der Waals surface area contributed by atoms with Crippen molar-refractivity contribution >= 4 is 5.69 Å². The van der Waals surface area contributed by atoms with Crippen LogP contribution in [0.3, 0.4) is 0 Å². The van der Waals surface area contributed by atoms with Gasteiger partial charge in [-0.15, -0.1) is 0 Å². The van der Waals surface area contributed by atoms with Crippen molar-refractivity contribution in [1.82, 2.24) is 5.32 Å². The van der Waals surface area contributed by atoms with Crippen molar-refractivity contribution in [2.75, 3.05) is 18.5 Å². The highest BCUT2D eigenvalue weighted by Gasteiger charge is 2.21. The van der Waals surface area contributed by atoms with Crippen LogP contribution in [0.2, 0.25) is 0 Å². The zero-order valence-corrected chi connectivity index (χ0v) is 12.2. The van der Waals surface area contributed by atoms with E-state index in [1.807, 2.05) is 6.07 Å². The summed E-state index contributed by atoms with van der Waals surface area (Å²) in [7, 11) is 2.09. The summed E-state index contributed by atoms with van der Waals surface area (Å²) in [5.74, 6) is 0.546. The summed E-state index contributed by atoms with van der Waals surface area (Å²) in [6.07, 6.45) is 3.67. The van der Waals surface area contributed by atoms with Gasteiger partial charge >= 0.3 is 0 Å². The fourth-order valence-corrected chi connectivity index (χ4v) is 2.18. The lowest BCUT2D eigenvalue weighted by molar-refractivity contribution is 0.582. The van der Waals surface area contributed by atoms with E-state index in [1.54, 1.807) is 12.1 Å². The van der Waals surface area contributed by atoms with E-state index in [-0.39, 0.29) is 5.82 Å². The first-order valence-corrected chi connectivity index (χ1v) is 7.29. The molecular formula is C16H25FN2. The van der Waals surface area contributed by atoms with Crippen molar-refractivity contribution < 1.29 is 4.39 Å². The van der Waals surface area contributed by atoms with Crippen LogP contribution < -0.4 is 10.2 Å². The van der Waals surface area contributed by atoms with Crippen LogP contribution in [0, 0.1) is 11.7 Å². The fourth-order valence-electron chi connectivity index (χ4n) is 2.18. The number of anilines is 1. The Balaban J connectivity index is 2.03. The zero-order valence-electron chi connectivity index (χ0n) is 12.2. The van der Waals surface area contributed by atoms with Gasteiger partial charge in [0.25, 0.3) is 0 Å². The molecule has 0 aliphatic heterocycles. The Morgan fingerprint density at radius 1 is 1.37 bits per heavy atom. The highest BCUT2D eigenvalue weighted by molar-refractivity contribution is 5.53. The largest absolute Gasteiger partial charge is 0.374 e. The lowest BCUT2D eigenvalue weighted by Crippen LogP contribution is -2.23. The van der Waals surface area contributed by atoms with Crippen molar-refractivity contribution in [1.29, 1.82) is 0 Å². The molecule has 3 heteroatoms. The number of hydrogen-bond acceptors (Lipinski definition) is 2. The molecule has 19 heavy (non-hydrogen) atoms. The molecule has 0 bridgehead atoms. The van der Waals surface area contributed by atoms with Gasteiger partial charge in [0, 0.05) is 31.9 Å². The molecule has 2 nitrogen and oxygen atoms in total. The van der Waals surface area contributed by atoms with Crippen molar-refractivity contribution in [3.8, 4) is 0 Å². The normalized spacial score (nSPS) is 15.0. The molecule has 1 saturated carbocycles. The fraction of sp³-hybridized carbons (Fsp3) is 0.625. The van der Waals surface area contributed by atoms with Gasteiger partial charge in [0.1, 0.15) is 5.82 Å². The monoisotopic (exact) mass is 264 g/mol. The van der Waals surface area contributed by atoms with E-state index in [0.29, 0.717) is 12.0 Å². The molecule has 0 spiro atoms. The predicted octanol–water partition coefficient (Wildman–Crippen LogP) is 3.56. The summed E-state index contributed by atoms with van der Waals surface area (Å²) >= 11 is 0. The third kappa shape index (κ3) is 4.50. The Labute approximate surface area is 116 Å². The number of rotatable bonds is 7. The molecule has 0 heterocycles. The van der Waals surface area contributed by atoms with Gasteiger partial charge in [-0.05, 0) is 48.9 Å². The second kappa shape index (κ2) is 6.38. The molecule has 1 aliphatic carbocycles. The lowest BCUT2D eigenvalue weighted by atomic mass is 10.1. The minimum atomic E-state index is -0.145. The Hall–Kier alpha value is -1.09. The van der Waals surface area contributed by atoms with Gasteiger partial charge < -0.3 is 10.2 Å². The molecular weight excluding hydrogens is 239 g/mol. The SMILES string of the molecule is CC(C)CCN(C)c1ccc(F)cc1CNC1CC1. The van der Waals surface area contributed by atoms with Gasteiger partial charge in [-0.2, -0.15) is 0 Å². The van der Waals surface area contributed by atoms with Crippen molar-refractivity contribution in [3.63, 3.8) is 0 Å². The Morgan fingerprint density at radius 2 is 2.11 bits per heavy atom. The molecule has 2 rings (SSSR count). The van der Waals surface area contributed by atoms with E-state index in [9.17, 15) is 4.39 Å². The molecule has 0 aromatic heterocycles. The topological polar surface area (TPSA) is 15.3 Å². The third-order valence-corrected chi connectivity index (χ3v) is 3.65. The summed E-state index contributed by atoms with van der Waals surface area (Å²) < 4.78 is 13.4. The van der Waals surface area contributed by atoms with Gasteiger partial charge in [0.2, 0.25) is 0 Å². The van der Waals surface area contributed by atoms with Gasteiger partial charge in [-0.25, -0.2) is 4.39 Å². The van der Waals surface area contributed by atoms with Crippen LogP contribution in [0.5, 0.6) is 0 Å². The molecule has 0 saturated heterocycles. The van der Waals surface area contributed by atoms with Crippen LogP contribution in [-0.4, -0.2) is 19.6 Å². The molecule has 1 fully saturated rings. The highest BCUT2D eigenvalue weighted by atomic mass is 19.1. The highest BCUT2D eigenvalue weighted by Crippen LogP contribution is 2.24. The van der Waals surface area contributed by atoms with Gasteiger partial charge in [0.05, 0.1) is 0 Å². The molecule has 1 aromatic rings. The number of halogens is 1. The Kier molecular flexibility index (Phi) is 4.81. The van der Waals surface area contributed by atoms with Crippen LogP contribution in [0.4, 0.5) is 10.1 Å². The molecule has 0 amide bonds. The standard InChI is InChI=1S/C16H25FN2/c1-12(2)8-9-19(3)16-7-4-14(17)10-13(16)11-18-15-5-6-15/h4,7,10,12,15,18H,5-6,8-9,11H2,1-3H3. The van der Waals surface area contributed by atoms with Crippen molar-refractivity contribution in [2.45, 2.75) is 45.7 Å². The van der Waals surface area contributed by atoms with E-state index >= 15 is 0 Å². The predicted molar refractivity (Wildman–Crippen MR) is 79.0 cm³/mol. The average molecular weight is 264 g/mol. The maximum Gasteiger partial charge on any atom is 0.123 e. The first-order chi connectivity index (χ1) is 9.06. The smallest absolute Gasteiger partial charge is 0.123 e. The van der Waals surface area contributed by atoms with Gasteiger partial charge in [-0.1, -0.05) is 13.8 Å². The maximum atomic E-state index is 13.4. The Bertz CT molecular complexity index is 413. The first kappa shape index (κ1) is 14.3.